The molecule has 0 saturated carbocycles. The highest BCUT2D eigenvalue weighted by atomic mass is 16.1. The van der Waals surface area contributed by atoms with Crippen molar-refractivity contribution < 1.29 is 4.79 Å². The van der Waals surface area contributed by atoms with Gasteiger partial charge in [0.25, 0.3) is 0 Å². The van der Waals surface area contributed by atoms with Gasteiger partial charge in [-0.15, -0.1) is 0 Å². The van der Waals surface area contributed by atoms with Crippen molar-refractivity contribution in [3.63, 3.8) is 0 Å². The molecule has 1 heteroatoms. The second-order valence-electron chi connectivity index (χ2n) is 5.71. The third-order valence-corrected chi connectivity index (χ3v) is 2.98. The summed E-state index contributed by atoms with van der Waals surface area (Å²) in [6.45, 7) is 10.7. The Labute approximate surface area is 98.9 Å². The van der Waals surface area contributed by atoms with Gasteiger partial charge >= 0.3 is 0 Å². The molecule has 1 aromatic rings. The smallest absolute Gasteiger partial charge is 0.123 e. The van der Waals surface area contributed by atoms with Crippen LogP contribution in [0.2, 0.25) is 0 Å². The largest absolute Gasteiger partial charge is 0.303 e. The summed E-state index contributed by atoms with van der Waals surface area (Å²) in [5.74, 6) is 0.110. The highest BCUT2D eigenvalue weighted by Gasteiger charge is 2.14. The molecule has 0 saturated heterocycles. The number of hydrogen-bond acceptors (Lipinski definition) is 1. The summed E-state index contributed by atoms with van der Waals surface area (Å²) in [5.41, 5.74) is 4.13. The molecule has 0 N–H and O–H groups in total. The van der Waals surface area contributed by atoms with Gasteiger partial charge in [-0.25, -0.2) is 0 Å². The van der Waals surface area contributed by atoms with E-state index in [1.165, 1.54) is 16.7 Å². The Balaban J connectivity index is 2.96. The topological polar surface area (TPSA) is 17.1 Å². The average molecular weight is 218 g/mol. The Bertz CT molecular complexity index is 372. The molecular formula is C15H22O. The second kappa shape index (κ2) is 4.82. The van der Waals surface area contributed by atoms with Gasteiger partial charge in [0, 0.05) is 5.92 Å². The van der Waals surface area contributed by atoms with Crippen molar-refractivity contribution in [2.75, 3.05) is 0 Å². The normalized spacial score (nSPS) is 13.6. The highest BCUT2D eigenvalue weighted by molar-refractivity contribution is 5.54. The van der Waals surface area contributed by atoms with Gasteiger partial charge in [-0.2, -0.15) is 0 Å². The van der Waals surface area contributed by atoms with Crippen LogP contribution in [0, 0.1) is 12.8 Å². The van der Waals surface area contributed by atoms with Crippen LogP contribution in [0.15, 0.2) is 18.2 Å². The molecule has 0 fully saturated rings. The number of carbonyl (C=O) groups is 1. The van der Waals surface area contributed by atoms with Crippen molar-refractivity contribution in [1.29, 1.82) is 0 Å². The molecular weight excluding hydrogens is 196 g/mol. The standard InChI is InChI=1S/C15H22O/c1-11(10-16)8-13-6-7-14(9-12(13)2)15(3,4)5/h6-7,9-11H,8H2,1-5H3. The summed E-state index contributed by atoms with van der Waals surface area (Å²) in [6, 6.07) is 6.59. The van der Waals surface area contributed by atoms with Crippen LogP contribution < -0.4 is 0 Å². The van der Waals surface area contributed by atoms with Crippen molar-refractivity contribution >= 4 is 6.29 Å². The fraction of sp³-hybridized carbons (Fsp3) is 0.533. The molecule has 16 heavy (non-hydrogen) atoms. The molecule has 0 amide bonds. The molecule has 1 atom stereocenters. The molecule has 0 spiro atoms. The molecule has 1 nitrogen and oxygen atoms in total. The minimum Gasteiger partial charge on any atom is -0.303 e. The first-order chi connectivity index (χ1) is 7.34. The Morgan fingerprint density at radius 1 is 1.31 bits per heavy atom. The van der Waals surface area contributed by atoms with E-state index < -0.39 is 0 Å². The fourth-order valence-electron chi connectivity index (χ4n) is 1.79. The number of rotatable bonds is 3. The van der Waals surface area contributed by atoms with Gasteiger partial charge in [0.2, 0.25) is 0 Å². The summed E-state index contributed by atoms with van der Waals surface area (Å²) in [6.07, 6.45) is 1.87. The van der Waals surface area contributed by atoms with Crippen molar-refractivity contribution in [3.8, 4) is 0 Å². The van der Waals surface area contributed by atoms with Gasteiger partial charge in [0.1, 0.15) is 6.29 Å². The van der Waals surface area contributed by atoms with Crippen LogP contribution in [0.5, 0.6) is 0 Å². The Kier molecular flexibility index (Phi) is 3.90. The predicted molar refractivity (Wildman–Crippen MR) is 68.8 cm³/mol. The lowest BCUT2D eigenvalue weighted by Crippen LogP contribution is -2.12. The lowest BCUT2D eigenvalue weighted by atomic mass is 9.84. The maximum atomic E-state index is 10.6. The molecule has 1 rings (SSSR count). The van der Waals surface area contributed by atoms with Gasteiger partial charge in [-0.3, -0.25) is 0 Å². The van der Waals surface area contributed by atoms with E-state index in [0.717, 1.165) is 12.7 Å². The number of carbonyl (C=O) groups excluding carboxylic acids is 1. The fourth-order valence-corrected chi connectivity index (χ4v) is 1.79. The number of hydrogen-bond donors (Lipinski definition) is 0. The molecule has 0 heterocycles. The summed E-state index contributed by atoms with van der Waals surface area (Å²) < 4.78 is 0. The quantitative estimate of drug-likeness (QED) is 0.707. The maximum absolute atomic E-state index is 10.6. The molecule has 0 aliphatic rings. The molecule has 0 bridgehead atoms. The number of aryl methyl sites for hydroxylation is 1. The van der Waals surface area contributed by atoms with Crippen LogP contribution in [0.25, 0.3) is 0 Å². The van der Waals surface area contributed by atoms with Gasteiger partial charge in [0.15, 0.2) is 0 Å². The second-order valence-corrected chi connectivity index (χ2v) is 5.71. The number of benzene rings is 1. The molecule has 88 valence electrons. The minimum atomic E-state index is 0.110. The van der Waals surface area contributed by atoms with E-state index in [1.54, 1.807) is 0 Å². The molecule has 0 radical (unpaired) electrons. The zero-order valence-electron chi connectivity index (χ0n) is 11.0. The molecule has 1 aromatic carbocycles. The van der Waals surface area contributed by atoms with Gasteiger partial charge in [0.05, 0.1) is 0 Å². The first-order valence-corrected chi connectivity index (χ1v) is 5.90. The zero-order valence-corrected chi connectivity index (χ0v) is 11.0. The Morgan fingerprint density at radius 2 is 1.94 bits per heavy atom. The van der Waals surface area contributed by atoms with Crippen molar-refractivity contribution in [1.82, 2.24) is 0 Å². The summed E-state index contributed by atoms with van der Waals surface area (Å²) in [7, 11) is 0. The van der Waals surface area contributed by atoms with Crippen LogP contribution in [0.4, 0.5) is 0 Å². The van der Waals surface area contributed by atoms with Crippen molar-refractivity contribution in [2.45, 2.75) is 46.5 Å². The van der Waals surface area contributed by atoms with Gasteiger partial charge in [-0.05, 0) is 35.4 Å². The SMILES string of the molecule is Cc1cc(C(C)(C)C)ccc1CC(C)C=O. The molecule has 0 aromatic heterocycles. The van der Waals surface area contributed by atoms with Gasteiger partial charge < -0.3 is 4.79 Å². The Morgan fingerprint density at radius 3 is 2.38 bits per heavy atom. The van der Waals surface area contributed by atoms with Crippen LogP contribution in [-0.4, -0.2) is 6.29 Å². The van der Waals surface area contributed by atoms with E-state index in [0.29, 0.717) is 0 Å². The van der Waals surface area contributed by atoms with E-state index in [2.05, 4.69) is 45.9 Å². The van der Waals surface area contributed by atoms with Crippen LogP contribution in [-0.2, 0) is 16.6 Å². The van der Waals surface area contributed by atoms with Crippen LogP contribution in [0.3, 0.4) is 0 Å². The summed E-state index contributed by atoms with van der Waals surface area (Å²) in [5, 5.41) is 0. The van der Waals surface area contributed by atoms with E-state index in [-0.39, 0.29) is 11.3 Å². The maximum Gasteiger partial charge on any atom is 0.123 e. The van der Waals surface area contributed by atoms with Crippen LogP contribution in [0.1, 0.15) is 44.4 Å². The monoisotopic (exact) mass is 218 g/mol. The third kappa shape index (κ3) is 3.19. The number of aldehydes is 1. The molecule has 1 unspecified atom stereocenters. The lowest BCUT2D eigenvalue weighted by molar-refractivity contribution is -0.110. The highest BCUT2D eigenvalue weighted by Crippen LogP contribution is 2.25. The van der Waals surface area contributed by atoms with E-state index >= 15 is 0 Å². The predicted octanol–water partition coefficient (Wildman–Crippen LogP) is 3.67. The Hall–Kier alpha value is -1.11. The van der Waals surface area contributed by atoms with Crippen molar-refractivity contribution in [3.05, 3.63) is 34.9 Å². The first kappa shape index (κ1) is 13.0. The minimum absolute atomic E-state index is 0.110. The third-order valence-electron chi connectivity index (χ3n) is 2.98. The van der Waals surface area contributed by atoms with Gasteiger partial charge in [-0.1, -0.05) is 45.9 Å². The molecule has 0 aliphatic heterocycles. The van der Waals surface area contributed by atoms with Crippen LogP contribution >= 0.6 is 0 Å². The first-order valence-electron chi connectivity index (χ1n) is 5.90. The summed E-state index contributed by atoms with van der Waals surface area (Å²) >= 11 is 0. The summed E-state index contributed by atoms with van der Waals surface area (Å²) in [4.78, 5) is 10.6. The molecule has 0 aliphatic carbocycles. The van der Waals surface area contributed by atoms with Crippen molar-refractivity contribution in [2.24, 2.45) is 5.92 Å². The van der Waals surface area contributed by atoms with E-state index in [4.69, 9.17) is 0 Å². The zero-order chi connectivity index (χ0) is 12.3. The van der Waals surface area contributed by atoms with E-state index in [9.17, 15) is 4.79 Å². The average Bonchev–Trinajstić information content (AvgIpc) is 2.19. The van der Waals surface area contributed by atoms with E-state index in [1.807, 2.05) is 6.92 Å². The lowest BCUT2D eigenvalue weighted by Gasteiger charge is -2.20.